The van der Waals surface area contributed by atoms with Crippen LogP contribution in [-0.4, -0.2) is 19.1 Å². The highest BCUT2D eigenvalue weighted by Gasteiger charge is 2.21. The standard InChI is InChI=1S/C6H10N2S/c1-4-8-9-6-2-3-7-5(1)6/h2,5,7-8H,1,3-4H2. The fraction of sp³-hybridized carbons (Fsp3) is 0.667. The quantitative estimate of drug-likeness (QED) is 0.481. The first-order valence-electron chi connectivity index (χ1n) is 3.30. The normalized spacial score (nSPS) is 33.8. The molecule has 3 heteroatoms. The van der Waals surface area contributed by atoms with Crippen LogP contribution in [0.2, 0.25) is 0 Å². The molecule has 9 heavy (non-hydrogen) atoms. The topological polar surface area (TPSA) is 24.1 Å². The molecule has 0 bridgehead atoms. The van der Waals surface area contributed by atoms with Crippen LogP contribution < -0.4 is 10.0 Å². The molecule has 2 rings (SSSR count). The Labute approximate surface area is 59.2 Å². The number of nitrogens with one attached hydrogen (secondary N) is 2. The Kier molecular flexibility index (Phi) is 1.49. The van der Waals surface area contributed by atoms with E-state index in [2.05, 4.69) is 16.1 Å². The summed E-state index contributed by atoms with van der Waals surface area (Å²) in [6.07, 6.45) is 3.51. The van der Waals surface area contributed by atoms with Crippen LogP contribution in [0.5, 0.6) is 0 Å². The zero-order valence-electron chi connectivity index (χ0n) is 5.18. The van der Waals surface area contributed by atoms with Crippen molar-refractivity contribution in [2.45, 2.75) is 12.5 Å². The number of hydrogen-bond acceptors (Lipinski definition) is 3. The van der Waals surface area contributed by atoms with Gasteiger partial charge < -0.3 is 5.32 Å². The maximum absolute atomic E-state index is 3.41. The van der Waals surface area contributed by atoms with Gasteiger partial charge in [0.25, 0.3) is 0 Å². The molecule has 0 aromatic rings. The molecule has 1 atom stereocenters. The summed E-state index contributed by atoms with van der Waals surface area (Å²) in [4.78, 5) is 1.49. The van der Waals surface area contributed by atoms with Crippen molar-refractivity contribution in [1.29, 1.82) is 0 Å². The molecule has 0 aromatic carbocycles. The molecule has 50 valence electrons. The van der Waals surface area contributed by atoms with E-state index >= 15 is 0 Å². The summed E-state index contributed by atoms with van der Waals surface area (Å²) in [6.45, 7) is 2.20. The van der Waals surface area contributed by atoms with Crippen LogP contribution >= 0.6 is 11.9 Å². The van der Waals surface area contributed by atoms with Crippen molar-refractivity contribution >= 4 is 11.9 Å². The Morgan fingerprint density at radius 3 is 3.56 bits per heavy atom. The lowest BCUT2D eigenvalue weighted by Gasteiger charge is -2.20. The molecule has 2 N–H and O–H groups in total. The molecule has 0 aliphatic carbocycles. The van der Waals surface area contributed by atoms with Gasteiger partial charge in [-0.3, -0.25) is 4.72 Å². The third-order valence-corrected chi connectivity index (χ3v) is 2.77. The van der Waals surface area contributed by atoms with E-state index < -0.39 is 0 Å². The molecule has 2 aliphatic rings. The Balaban J connectivity index is 2.09. The third kappa shape index (κ3) is 1.000. The summed E-state index contributed by atoms with van der Waals surface area (Å²) in [6, 6.07) is 0.677. The second-order valence-electron chi connectivity index (χ2n) is 2.35. The van der Waals surface area contributed by atoms with Gasteiger partial charge in [-0.05, 0) is 18.4 Å². The van der Waals surface area contributed by atoms with Gasteiger partial charge in [-0.25, -0.2) is 0 Å². The smallest absolute Gasteiger partial charge is 0.0405 e. The molecule has 1 unspecified atom stereocenters. The molecule has 2 nitrogen and oxygen atoms in total. The SMILES string of the molecule is C1=C2SNCCC2NC1. The van der Waals surface area contributed by atoms with Gasteiger partial charge in [-0.2, -0.15) is 0 Å². The second-order valence-corrected chi connectivity index (χ2v) is 3.32. The molecule has 2 heterocycles. The Bertz CT molecular complexity index is 144. The van der Waals surface area contributed by atoms with Crippen molar-refractivity contribution in [3.63, 3.8) is 0 Å². The van der Waals surface area contributed by atoms with Gasteiger partial charge in [0.05, 0.1) is 0 Å². The first-order chi connectivity index (χ1) is 4.47. The first-order valence-corrected chi connectivity index (χ1v) is 4.11. The summed E-state index contributed by atoms with van der Waals surface area (Å²) >= 11 is 1.78. The molecule has 0 aromatic heterocycles. The minimum absolute atomic E-state index is 0.677. The molecular formula is C6H10N2S. The van der Waals surface area contributed by atoms with Crippen molar-refractivity contribution in [1.82, 2.24) is 10.0 Å². The minimum Gasteiger partial charge on any atom is -0.306 e. The summed E-state index contributed by atoms with van der Waals surface area (Å²) in [5.74, 6) is 0. The predicted octanol–water partition coefficient (Wildman–Crippen LogP) is 0.484. The van der Waals surface area contributed by atoms with E-state index in [0.29, 0.717) is 6.04 Å². The van der Waals surface area contributed by atoms with Gasteiger partial charge in [0, 0.05) is 24.0 Å². The Hall–Kier alpha value is 0.01000. The fourth-order valence-electron chi connectivity index (χ4n) is 1.24. The molecule has 1 saturated heterocycles. The molecule has 0 spiro atoms. The Morgan fingerprint density at radius 1 is 1.67 bits per heavy atom. The zero-order chi connectivity index (χ0) is 6.10. The van der Waals surface area contributed by atoms with Crippen molar-refractivity contribution in [3.05, 3.63) is 11.0 Å². The van der Waals surface area contributed by atoms with E-state index in [0.717, 1.165) is 13.1 Å². The van der Waals surface area contributed by atoms with Gasteiger partial charge >= 0.3 is 0 Å². The first kappa shape index (κ1) is 5.77. The summed E-state index contributed by atoms with van der Waals surface area (Å²) in [5.41, 5.74) is 0. The van der Waals surface area contributed by atoms with Gasteiger partial charge in [-0.15, -0.1) is 0 Å². The van der Waals surface area contributed by atoms with Crippen molar-refractivity contribution in [2.75, 3.05) is 13.1 Å². The van der Waals surface area contributed by atoms with Gasteiger partial charge in [0.1, 0.15) is 0 Å². The lowest BCUT2D eigenvalue weighted by molar-refractivity contribution is 0.598. The van der Waals surface area contributed by atoms with Gasteiger partial charge in [0.2, 0.25) is 0 Å². The van der Waals surface area contributed by atoms with E-state index in [1.807, 2.05) is 0 Å². The van der Waals surface area contributed by atoms with Crippen LogP contribution in [0.15, 0.2) is 11.0 Å². The van der Waals surface area contributed by atoms with E-state index in [9.17, 15) is 0 Å². The maximum atomic E-state index is 3.41. The van der Waals surface area contributed by atoms with E-state index in [4.69, 9.17) is 0 Å². The highest BCUT2D eigenvalue weighted by atomic mass is 32.2. The van der Waals surface area contributed by atoms with Crippen LogP contribution in [0.3, 0.4) is 0 Å². The summed E-state index contributed by atoms with van der Waals surface area (Å²) in [5, 5.41) is 3.41. The lowest BCUT2D eigenvalue weighted by atomic mass is 10.2. The van der Waals surface area contributed by atoms with Gasteiger partial charge in [-0.1, -0.05) is 6.08 Å². The Morgan fingerprint density at radius 2 is 2.67 bits per heavy atom. The number of fused-ring (bicyclic) bond motifs is 1. The van der Waals surface area contributed by atoms with Crippen LogP contribution in [0, 0.1) is 0 Å². The van der Waals surface area contributed by atoms with E-state index in [1.54, 1.807) is 11.9 Å². The molecule has 2 aliphatic heterocycles. The minimum atomic E-state index is 0.677. The summed E-state index contributed by atoms with van der Waals surface area (Å²) in [7, 11) is 0. The molecular weight excluding hydrogens is 132 g/mol. The molecule has 1 fully saturated rings. The average Bonchev–Trinajstić information content (AvgIpc) is 2.33. The van der Waals surface area contributed by atoms with Crippen molar-refractivity contribution in [2.24, 2.45) is 0 Å². The molecule has 0 saturated carbocycles. The largest absolute Gasteiger partial charge is 0.306 e. The monoisotopic (exact) mass is 142 g/mol. The van der Waals surface area contributed by atoms with Crippen molar-refractivity contribution < 1.29 is 0 Å². The summed E-state index contributed by atoms with van der Waals surface area (Å²) < 4.78 is 3.26. The van der Waals surface area contributed by atoms with Gasteiger partial charge in [0.15, 0.2) is 0 Å². The van der Waals surface area contributed by atoms with E-state index in [1.165, 1.54) is 11.3 Å². The lowest BCUT2D eigenvalue weighted by Crippen LogP contribution is -2.31. The predicted molar refractivity (Wildman–Crippen MR) is 40.1 cm³/mol. The number of rotatable bonds is 0. The van der Waals surface area contributed by atoms with Crippen LogP contribution in [0.1, 0.15) is 6.42 Å². The highest BCUT2D eigenvalue weighted by molar-refractivity contribution is 8.01. The second kappa shape index (κ2) is 2.33. The average molecular weight is 142 g/mol. The third-order valence-electron chi connectivity index (χ3n) is 1.74. The fourth-order valence-corrected chi connectivity index (χ4v) is 2.14. The van der Waals surface area contributed by atoms with E-state index in [-0.39, 0.29) is 0 Å². The van der Waals surface area contributed by atoms with Crippen LogP contribution in [-0.2, 0) is 0 Å². The number of hydrogen-bond donors (Lipinski definition) is 2. The van der Waals surface area contributed by atoms with Crippen LogP contribution in [0.4, 0.5) is 0 Å². The zero-order valence-corrected chi connectivity index (χ0v) is 6.00. The molecule has 0 amide bonds. The maximum Gasteiger partial charge on any atom is 0.0405 e. The highest BCUT2D eigenvalue weighted by Crippen LogP contribution is 2.25. The van der Waals surface area contributed by atoms with Crippen molar-refractivity contribution in [3.8, 4) is 0 Å². The van der Waals surface area contributed by atoms with Crippen LogP contribution in [0.25, 0.3) is 0 Å². The molecule has 0 radical (unpaired) electrons.